The Balaban J connectivity index is 1.22. The number of rotatable bonds is 12. The number of aromatic nitrogens is 3. The van der Waals surface area contributed by atoms with E-state index >= 15 is 0 Å². The maximum Gasteiger partial charge on any atom is 0.407 e. The van der Waals surface area contributed by atoms with Crippen molar-refractivity contribution in [2.75, 3.05) is 63.5 Å². The van der Waals surface area contributed by atoms with E-state index in [1.807, 2.05) is 30.3 Å². The Morgan fingerprint density at radius 1 is 1.02 bits per heavy atom. The van der Waals surface area contributed by atoms with E-state index in [9.17, 15) is 19.2 Å². The van der Waals surface area contributed by atoms with Gasteiger partial charge in [-0.1, -0.05) is 41.9 Å². The second-order valence-electron chi connectivity index (χ2n) is 13.4. The lowest BCUT2D eigenvalue weighted by atomic mass is 10.1. The van der Waals surface area contributed by atoms with Crippen LogP contribution in [0.2, 0.25) is 5.02 Å². The van der Waals surface area contributed by atoms with Gasteiger partial charge in [-0.3, -0.25) is 14.4 Å². The Hall–Kier alpha value is -5.05. The first kappa shape index (κ1) is 37.2. The van der Waals surface area contributed by atoms with E-state index in [4.69, 9.17) is 16.3 Å². The molecule has 1 atom stereocenters. The molecule has 14 nitrogen and oxygen atoms in total. The first-order valence-corrected chi connectivity index (χ1v) is 17.2. The Labute approximate surface area is 301 Å². The van der Waals surface area contributed by atoms with Gasteiger partial charge in [0, 0.05) is 56.4 Å². The fourth-order valence-electron chi connectivity index (χ4n) is 5.45. The van der Waals surface area contributed by atoms with Crippen molar-refractivity contribution in [2.24, 2.45) is 0 Å². The highest BCUT2D eigenvalue weighted by atomic mass is 35.5. The number of aromatic amines is 1. The monoisotopic (exact) mass is 717 g/mol. The van der Waals surface area contributed by atoms with E-state index in [1.165, 1.54) is 30.5 Å². The zero-order valence-electron chi connectivity index (χ0n) is 29.2. The van der Waals surface area contributed by atoms with Crippen LogP contribution in [0.25, 0.3) is 11.0 Å². The number of carbonyl (C=O) groups is 3. The molecule has 1 aliphatic heterocycles. The molecule has 3 amide bonds. The number of anilines is 2. The molecule has 2 aromatic heterocycles. The van der Waals surface area contributed by atoms with Gasteiger partial charge in [0.2, 0.25) is 5.95 Å². The maximum absolute atomic E-state index is 13.4. The molecule has 1 saturated heterocycles. The number of pyridine rings is 1. The summed E-state index contributed by atoms with van der Waals surface area (Å²) in [6, 6.07) is 14.4. The molecule has 15 heteroatoms. The van der Waals surface area contributed by atoms with Gasteiger partial charge < -0.3 is 40.8 Å². The van der Waals surface area contributed by atoms with E-state index in [-0.39, 0.29) is 28.4 Å². The van der Waals surface area contributed by atoms with Crippen molar-refractivity contribution in [2.45, 2.75) is 38.8 Å². The van der Waals surface area contributed by atoms with Crippen molar-refractivity contribution in [1.29, 1.82) is 0 Å². The first-order valence-electron chi connectivity index (χ1n) is 16.8. The van der Waals surface area contributed by atoms with Crippen LogP contribution < -0.4 is 26.8 Å². The SMILES string of the molecule is CN1CCN(CCCNc2ncc3cc(C(=O)Nc4cc(C(=O)NC(CNC(=O)OC(C)(C)C)c5ccccc5)ccc4Cl)c(=O)[nH]c3n2)CC1. The van der Waals surface area contributed by atoms with E-state index in [2.05, 4.69) is 53.1 Å². The molecule has 0 spiro atoms. The van der Waals surface area contributed by atoms with Crippen LogP contribution in [0.1, 0.15) is 59.5 Å². The molecule has 0 bridgehead atoms. The largest absolute Gasteiger partial charge is 0.444 e. The maximum atomic E-state index is 13.4. The number of nitrogens with one attached hydrogen (secondary N) is 5. The number of H-pyrrole nitrogens is 1. The predicted octanol–water partition coefficient (Wildman–Crippen LogP) is 4.27. The summed E-state index contributed by atoms with van der Waals surface area (Å²) in [6.07, 6.45) is 1.84. The van der Waals surface area contributed by atoms with Crippen LogP contribution in [-0.2, 0) is 4.74 Å². The number of benzene rings is 2. The zero-order valence-corrected chi connectivity index (χ0v) is 30.0. The minimum absolute atomic E-state index is 0.0603. The molecule has 0 aliphatic carbocycles. The molecule has 0 radical (unpaired) electrons. The summed E-state index contributed by atoms with van der Waals surface area (Å²) in [5.74, 6) is -0.829. The third-order valence-electron chi connectivity index (χ3n) is 8.20. The van der Waals surface area contributed by atoms with Gasteiger partial charge in [-0.25, -0.2) is 9.78 Å². The first-order chi connectivity index (χ1) is 24.3. The predicted molar refractivity (Wildman–Crippen MR) is 197 cm³/mol. The van der Waals surface area contributed by atoms with E-state index in [0.717, 1.165) is 44.7 Å². The zero-order chi connectivity index (χ0) is 36.5. The fraction of sp³-hybridized carbons (Fsp3) is 0.389. The lowest BCUT2D eigenvalue weighted by Crippen LogP contribution is -2.44. The van der Waals surface area contributed by atoms with Crippen LogP contribution in [-0.4, -0.2) is 101 Å². The summed E-state index contributed by atoms with van der Waals surface area (Å²) in [5.41, 5.74) is -0.139. The molecule has 1 aliphatic rings. The second-order valence-corrected chi connectivity index (χ2v) is 13.8. The number of amides is 3. The molecule has 5 rings (SSSR count). The summed E-state index contributed by atoms with van der Waals surface area (Å²) < 4.78 is 5.34. The van der Waals surface area contributed by atoms with Crippen molar-refractivity contribution in [3.63, 3.8) is 0 Å². The van der Waals surface area contributed by atoms with Gasteiger partial charge >= 0.3 is 6.09 Å². The highest BCUT2D eigenvalue weighted by Crippen LogP contribution is 2.25. The van der Waals surface area contributed by atoms with Crippen molar-refractivity contribution >= 4 is 52.2 Å². The number of fused-ring (bicyclic) bond motifs is 1. The lowest BCUT2D eigenvalue weighted by molar-refractivity contribution is 0.0519. The van der Waals surface area contributed by atoms with Crippen LogP contribution >= 0.6 is 11.6 Å². The molecule has 51 heavy (non-hydrogen) atoms. The van der Waals surface area contributed by atoms with E-state index in [0.29, 0.717) is 23.5 Å². The van der Waals surface area contributed by atoms with Crippen LogP contribution in [0.3, 0.4) is 0 Å². The molecule has 0 saturated carbocycles. The number of likely N-dealkylation sites (N-methyl/N-ethyl adjacent to an activating group) is 1. The number of piperazine rings is 1. The van der Waals surface area contributed by atoms with Gasteiger partial charge in [0.05, 0.1) is 16.8 Å². The molecule has 270 valence electrons. The number of carbonyl (C=O) groups excluding carboxylic acids is 3. The average Bonchev–Trinajstić information content (AvgIpc) is 3.09. The van der Waals surface area contributed by atoms with Gasteiger partial charge in [-0.15, -0.1) is 0 Å². The Morgan fingerprint density at radius 2 is 1.76 bits per heavy atom. The topological polar surface area (TPSA) is 174 Å². The van der Waals surface area contributed by atoms with Crippen molar-refractivity contribution in [3.05, 3.63) is 92.9 Å². The fourth-order valence-corrected chi connectivity index (χ4v) is 5.62. The summed E-state index contributed by atoms with van der Waals surface area (Å²) in [5, 5.41) is 12.1. The molecule has 2 aromatic carbocycles. The minimum Gasteiger partial charge on any atom is -0.444 e. The molecule has 1 fully saturated rings. The van der Waals surface area contributed by atoms with E-state index < -0.39 is 35.1 Å². The van der Waals surface area contributed by atoms with Crippen molar-refractivity contribution in [1.82, 2.24) is 35.4 Å². The van der Waals surface area contributed by atoms with Gasteiger partial charge in [-0.2, -0.15) is 4.98 Å². The molecular weight excluding hydrogens is 674 g/mol. The van der Waals surface area contributed by atoms with Crippen molar-refractivity contribution in [3.8, 4) is 0 Å². The highest BCUT2D eigenvalue weighted by Gasteiger charge is 2.22. The van der Waals surface area contributed by atoms with Gasteiger partial charge in [0.25, 0.3) is 17.4 Å². The minimum atomic E-state index is -0.729. The summed E-state index contributed by atoms with van der Waals surface area (Å²) in [7, 11) is 2.13. The van der Waals surface area contributed by atoms with Gasteiger partial charge in [0.15, 0.2) is 0 Å². The highest BCUT2D eigenvalue weighted by molar-refractivity contribution is 6.34. The number of ether oxygens (including phenoxy) is 1. The normalized spacial score (nSPS) is 14.5. The average molecular weight is 718 g/mol. The number of alkyl carbamates (subject to hydrolysis) is 1. The Bertz CT molecular complexity index is 1910. The number of nitrogens with zero attached hydrogens (tertiary/aromatic N) is 4. The van der Waals surface area contributed by atoms with Crippen LogP contribution in [0.5, 0.6) is 0 Å². The smallest absolute Gasteiger partial charge is 0.407 e. The number of hydrogen-bond acceptors (Lipinski definition) is 10. The van der Waals surface area contributed by atoms with E-state index in [1.54, 1.807) is 20.8 Å². The van der Waals surface area contributed by atoms with Crippen LogP contribution in [0.15, 0.2) is 65.6 Å². The Morgan fingerprint density at radius 3 is 2.49 bits per heavy atom. The third kappa shape index (κ3) is 10.7. The van der Waals surface area contributed by atoms with Gasteiger partial charge in [-0.05, 0) is 70.6 Å². The molecule has 1 unspecified atom stereocenters. The third-order valence-corrected chi connectivity index (χ3v) is 8.53. The lowest BCUT2D eigenvalue weighted by Gasteiger charge is -2.32. The molecule has 3 heterocycles. The number of halogens is 1. The van der Waals surface area contributed by atoms with Crippen LogP contribution in [0.4, 0.5) is 16.4 Å². The summed E-state index contributed by atoms with van der Waals surface area (Å²) in [6.45, 7) is 11.2. The standard InChI is InChI=1S/C36H44ClN9O5/c1-36(2,3)51-35(50)40-22-29(23-9-6-5-7-10-23)42-31(47)24-11-12-27(37)28(20-24)41-32(48)26-19-25-21-39-34(44-30(25)43-33(26)49)38-13-8-14-46-17-15-45(4)16-18-46/h5-7,9-12,19-21,29H,8,13-18,22H2,1-4H3,(H,40,50)(H,41,48)(H,42,47)(H2,38,39,43,44,49). The van der Waals surface area contributed by atoms with Crippen molar-refractivity contribution < 1.29 is 19.1 Å². The molecular formula is C36H44ClN9O5. The Kier molecular flexibility index (Phi) is 12.2. The summed E-state index contributed by atoms with van der Waals surface area (Å²) in [4.78, 5) is 68.3. The van der Waals surface area contributed by atoms with Crippen LogP contribution in [0, 0.1) is 0 Å². The molecule has 4 aromatic rings. The quantitative estimate of drug-likeness (QED) is 0.133. The van der Waals surface area contributed by atoms with Gasteiger partial charge in [0.1, 0.15) is 16.8 Å². The summed E-state index contributed by atoms with van der Waals surface area (Å²) >= 11 is 6.40. The molecule has 5 N–H and O–H groups in total. The second kappa shape index (κ2) is 16.8. The number of hydrogen-bond donors (Lipinski definition) is 5.